The number of rotatable bonds is 5. The fraction of sp³-hybridized carbons (Fsp3) is 0.353. The van der Waals surface area contributed by atoms with Crippen molar-refractivity contribution in [3.63, 3.8) is 0 Å². The average Bonchev–Trinajstić information content (AvgIpc) is 2.60. The molecule has 1 aliphatic rings. The van der Waals surface area contributed by atoms with Crippen LogP contribution in [0.2, 0.25) is 0 Å². The van der Waals surface area contributed by atoms with E-state index in [0.29, 0.717) is 12.2 Å². The normalized spacial score (nSPS) is 16.5. The number of methoxy groups -OCH3 is 1. The summed E-state index contributed by atoms with van der Waals surface area (Å²) < 4.78 is 10.0. The minimum absolute atomic E-state index is 0.210. The molecule has 23 heavy (non-hydrogen) atoms. The summed E-state index contributed by atoms with van der Waals surface area (Å²) in [4.78, 5) is 35.6. The van der Waals surface area contributed by atoms with Gasteiger partial charge in [-0.05, 0) is 31.4 Å². The molecule has 2 rings (SSSR count). The second-order valence-electron chi connectivity index (χ2n) is 5.17. The quantitative estimate of drug-likeness (QED) is 0.662. The Labute approximate surface area is 134 Å². The Balaban J connectivity index is 1.83. The van der Waals surface area contributed by atoms with Crippen LogP contribution in [0.1, 0.15) is 29.6 Å². The van der Waals surface area contributed by atoms with Gasteiger partial charge in [-0.1, -0.05) is 24.3 Å². The van der Waals surface area contributed by atoms with Crippen LogP contribution in [-0.2, 0) is 14.3 Å². The molecule has 6 heteroatoms. The van der Waals surface area contributed by atoms with Crippen molar-refractivity contribution in [1.82, 2.24) is 5.32 Å². The summed E-state index contributed by atoms with van der Waals surface area (Å²) in [6, 6.07) is 6.55. The lowest BCUT2D eigenvalue weighted by molar-refractivity contribution is -0.152. The van der Waals surface area contributed by atoms with Gasteiger partial charge in [-0.2, -0.15) is 0 Å². The zero-order valence-electron chi connectivity index (χ0n) is 12.9. The van der Waals surface area contributed by atoms with Crippen molar-refractivity contribution in [3.8, 4) is 5.75 Å². The van der Waals surface area contributed by atoms with E-state index in [1.54, 1.807) is 24.3 Å². The van der Waals surface area contributed by atoms with E-state index in [1.807, 2.05) is 12.2 Å². The second-order valence-corrected chi connectivity index (χ2v) is 5.17. The standard InChI is InChI=1S/C17H19NO5/c1-22-14-10-6-5-9-13(14)16(20)18-15(19)11-23-17(21)12-7-3-2-4-8-12/h2-3,5-6,9-10,12H,4,7-8,11H2,1H3,(H,18,19,20)/t12-/m0/s1. The van der Waals surface area contributed by atoms with Crippen molar-refractivity contribution in [1.29, 1.82) is 0 Å². The Kier molecular flexibility index (Phi) is 5.91. The van der Waals surface area contributed by atoms with Crippen molar-refractivity contribution < 1.29 is 23.9 Å². The maximum absolute atomic E-state index is 12.0. The van der Waals surface area contributed by atoms with Crippen LogP contribution in [0.4, 0.5) is 0 Å². The van der Waals surface area contributed by atoms with E-state index in [2.05, 4.69) is 5.32 Å². The Bertz CT molecular complexity index is 623. The van der Waals surface area contributed by atoms with Gasteiger partial charge in [0.25, 0.3) is 11.8 Å². The first kappa shape index (κ1) is 16.7. The third-order valence-electron chi connectivity index (χ3n) is 3.55. The van der Waals surface area contributed by atoms with Gasteiger partial charge in [-0.3, -0.25) is 19.7 Å². The predicted octanol–water partition coefficient (Wildman–Crippen LogP) is 1.85. The molecule has 1 N–H and O–H groups in total. The number of nitrogens with one attached hydrogen (secondary N) is 1. The van der Waals surface area contributed by atoms with Gasteiger partial charge in [-0.15, -0.1) is 0 Å². The zero-order chi connectivity index (χ0) is 16.7. The van der Waals surface area contributed by atoms with E-state index in [1.165, 1.54) is 7.11 Å². The van der Waals surface area contributed by atoms with E-state index < -0.39 is 24.4 Å². The third kappa shape index (κ3) is 4.67. The summed E-state index contributed by atoms with van der Waals surface area (Å²) in [6.07, 6.45) is 6.12. The molecule has 0 saturated carbocycles. The lowest BCUT2D eigenvalue weighted by atomic mass is 9.95. The van der Waals surface area contributed by atoms with Crippen LogP contribution in [0, 0.1) is 5.92 Å². The molecule has 0 aromatic heterocycles. The maximum Gasteiger partial charge on any atom is 0.309 e. The highest BCUT2D eigenvalue weighted by Gasteiger charge is 2.22. The van der Waals surface area contributed by atoms with Gasteiger partial charge in [0, 0.05) is 0 Å². The SMILES string of the molecule is COc1ccccc1C(=O)NC(=O)COC(=O)[C@H]1CC=CCC1. The summed E-state index contributed by atoms with van der Waals surface area (Å²) in [6.45, 7) is -0.472. The van der Waals surface area contributed by atoms with E-state index in [0.717, 1.165) is 12.8 Å². The molecule has 2 amide bonds. The number of hydrogen-bond donors (Lipinski definition) is 1. The van der Waals surface area contributed by atoms with E-state index in [-0.39, 0.29) is 11.5 Å². The van der Waals surface area contributed by atoms with Gasteiger partial charge >= 0.3 is 5.97 Å². The number of carbonyl (C=O) groups excluding carboxylic acids is 3. The van der Waals surface area contributed by atoms with Crippen LogP contribution in [0.25, 0.3) is 0 Å². The number of amides is 2. The minimum Gasteiger partial charge on any atom is -0.496 e. The van der Waals surface area contributed by atoms with Crippen LogP contribution in [0.5, 0.6) is 5.75 Å². The number of allylic oxidation sites excluding steroid dienone is 2. The van der Waals surface area contributed by atoms with Crippen molar-refractivity contribution in [2.45, 2.75) is 19.3 Å². The van der Waals surface area contributed by atoms with Gasteiger partial charge < -0.3 is 9.47 Å². The Morgan fingerprint density at radius 2 is 2.00 bits per heavy atom. The van der Waals surface area contributed by atoms with Crippen molar-refractivity contribution in [2.75, 3.05) is 13.7 Å². The molecule has 0 aliphatic heterocycles. The van der Waals surface area contributed by atoms with Crippen LogP contribution in [0.3, 0.4) is 0 Å². The molecule has 0 spiro atoms. The first-order chi connectivity index (χ1) is 11.1. The molecule has 0 radical (unpaired) electrons. The van der Waals surface area contributed by atoms with E-state index in [9.17, 15) is 14.4 Å². The number of esters is 1. The zero-order valence-corrected chi connectivity index (χ0v) is 12.9. The minimum atomic E-state index is -0.666. The summed E-state index contributed by atoms with van der Waals surface area (Å²) >= 11 is 0. The topological polar surface area (TPSA) is 81.7 Å². The largest absolute Gasteiger partial charge is 0.496 e. The van der Waals surface area contributed by atoms with Crippen molar-refractivity contribution in [2.24, 2.45) is 5.92 Å². The molecule has 0 heterocycles. The maximum atomic E-state index is 12.0. The average molecular weight is 317 g/mol. The summed E-state index contributed by atoms with van der Waals surface area (Å²) in [5.41, 5.74) is 0.243. The molecule has 1 aromatic rings. The van der Waals surface area contributed by atoms with E-state index in [4.69, 9.17) is 9.47 Å². The Hall–Kier alpha value is -2.63. The van der Waals surface area contributed by atoms with Crippen LogP contribution in [-0.4, -0.2) is 31.5 Å². The fourth-order valence-electron chi connectivity index (χ4n) is 2.32. The van der Waals surface area contributed by atoms with Crippen molar-refractivity contribution >= 4 is 17.8 Å². The molecule has 1 atom stereocenters. The second kappa shape index (κ2) is 8.12. The number of carbonyl (C=O) groups is 3. The molecule has 0 saturated heterocycles. The number of benzene rings is 1. The smallest absolute Gasteiger partial charge is 0.309 e. The molecule has 0 fully saturated rings. The highest BCUT2D eigenvalue weighted by atomic mass is 16.5. The van der Waals surface area contributed by atoms with Gasteiger partial charge in [0.15, 0.2) is 6.61 Å². The van der Waals surface area contributed by atoms with Crippen LogP contribution in [0.15, 0.2) is 36.4 Å². The molecule has 1 aromatic carbocycles. The lowest BCUT2D eigenvalue weighted by Crippen LogP contribution is -2.35. The van der Waals surface area contributed by atoms with Gasteiger partial charge in [0.2, 0.25) is 0 Å². The lowest BCUT2D eigenvalue weighted by Gasteiger charge is -2.16. The van der Waals surface area contributed by atoms with Gasteiger partial charge in [0.1, 0.15) is 5.75 Å². The summed E-state index contributed by atoms with van der Waals surface area (Å²) in [7, 11) is 1.44. The number of hydrogen-bond acceptors (Lipinski definition) is 5. The molecule has 6 nitrogen and oxygen atoms in total. The Morgan fingerprint density at radius 3 is 2.70 bits per heavy atom. The van der Waals surface area contributed by atoms with Crippen molar-refractivity contribution in [3.05, 3.63) is 42.0 Å². The monoisotopic (exact) mass is 317 g/mol. The van der Waals surface area contributed by atoms with Crippen LogP contribution < -0.4 is 10.1 Å². The van der Waals surface area contributed by atoms with Gasteiger partial charge in [-0.25, -0.2) is 0 Å². The molecular formula is C17H19NO5. The summed E-state index contributed by atoms with van der Waals surface area (Å²) in [5, 5.41) is 2.18. The van der Waals surface area contributed by atoms with E-state index >= 15 is 0 Å². The predicted molar refractivity (Wildman–Crippen MR) is 82.9 cm³/mol. The first-order valence-electron chi connectivity index (χ1n) is 7.40. The molecule has 1 aliphatic carbocycles. The number of imide groups is 1. The van der Waals surface area contributed by atoms with Gasteiger partial charge in [0.05, 0.1) is 18.6 Å². The first-order valence-corrected chi connectivity index (χ1v) is 7.40. The molecule has 0 bridgehead atoms. The van der Waals surface area contributed by atoms with Crippen LogP contribution >= 0.6 is 0 Å². The molecule has 122 valence electrons. The molecular weight excluding hydrogens is 298 g/mol. The third-order valence-corrected chi connectivity index (χ3v) is 3.55. The highest BCUT2D eigenvalue weighted by Crippen LogP contribution is 2.19. The Morgan fingerprint density at radius 1 is 1.22 bits per heavy atom. The number of ether oxygens (including phenoxy) is 2. The summed E-state index contributed by atoms with van der Waals surface area (Å²) in [5.74, 6) is -1.51. The fourth-order valence-corrected chi connectivity index (χ4v) is 2.32. The molecule has 0 unspecified atom stereocenters. The number of para-hydroxylation sites is 1. The highest BCUT2D eigenvalue weighted by molar-refractivity contribution is 6.06.